The van der Waals surface area contributed by atoms with Crippen LogP contribution in [0.5, 0.6) is 5.75 Å². The van der Waals surface area contributed by atoms with Gasteiger partial charge in [0.2, 0.25) is 0 Å². The summed E-state index contributed by atoms with van der Waals surface area (Å²) in [6.07, 6.45) is 4.62. The van der Waals surface area contributed by atoms with E-state index in [1.54, 1.807) is 0 Å². The largest absolute Gasteiger partial charge is 0.491 e. The van der Waals surface area contributed by atoms with Crippen LogP contribution >= 0.6 is 0 Å². The molecule has 0 spiro atoms. The molecule has 2 bridgehead atoms. The first-order chi connectivity index (χ1) is 20.5. The molecule has 0 radical (unpaired) electrons. The van der Waals surface area contributed by atoms with Crippen LogP contribution in [-0.4, -0.2) is 61.7 Å². The highest BCUT2D eigenvalue weighted by atomic mass is 16.5. The van der Waals surface area contributed by atoms with E-state index >= 15 is 0 Å². The maximum atomic E-state index is 13.3. The lowest BCUT2D eigenvalue weighted by atomic mass is 9.99. The number of hydrogen-bond donors (Lipinski definition) is 1. The second kappa shape index (κ2) is 15.3. The van der Waals surface area contributed by atoms with Crippen molar-refractivity contribution < 1.29 is 14.3 Å². The van der Waals surface area contributed by atoms with Crippen LogP contribution in [0.3, 0.4) is 0 Å². The van der Waals surface area contributed by atoms with E-state index in [-0.39, 0.29) is 5.91 Å². The van der Waals surface area contributed by atoms with E-state index in [0.717, 1.165) is 43.1 Å². The number of likely N-dealkylation sites (tertiary alicyclic amines) is 1. The summed E-state index contributed by atoms with van der Waals surface area (Å²) in [5, 5.41) is 3.14. The number of hydrogen-bond acceptors (Lipinski definition) is 5. The van der Waals surface area contributed by atoms with Gasteiger partial charge in [0.05, 0.1) is 13.2 Å². The van der Waals surface area contributed by atoms with Gasteiger partial charge in [0.25, 0.3) is 5.91 Å². The first-order valence-electron chi connectivity index (χ1n) is 15.7. The normalized spacial score (nSPS) is 17.2. The molecular weight excluding hydrogens is 522 g/mol. The Bertz CT molecular complexity index is 1300. The molecule has 1 N–H and O–H groups in total. The van der Waals surface area contributed by atoms with Crippen LogP contribution in [-0.2, 0) is 30.8 Å². The number of rotatable bonds is 7. The van der Waals surface area contributed by atoms with Gasteiger partial charge in [-0.25, -0.2) is 0 Å². The lowest BCUT2D eigenvalue weighted by Crippen LogP contribution is -2.31. The molecule has 3 aromatic carbocycles. The van der Waals surface area contributed by atoms with Crippen molar-refractivity contribution in [2.45, 2.75) is 59.2 Å². The Balaban J connectivity index is 1.27. The van der Waals surface area contributed by atoms with Gasteiger partial charge < -0.3 is 14.8 Å². The summed E-state index contributed by atoms with van der Waals surface area (Å²) in [5.41, 5.74) is 6.62. The number of nitrogens with zero attached hydrogens (tertiary/aromatic N) is 2. The predicted molar refractivity (Wildman–Crippen MR) is 169 cm³/mol. The van der Waals surface area contributed by atoms with Crippen LogP contribution < -0.4 is 10.1 Å². The summed E-state index contributed by atoms with van der Waals surface area (Å²) in [4.78, 5) is 18.3. The zero-order chi connectivity index (χ0) is 29.1. The van der Waals surface area contributed by atoms with Crippen LogP contribution in [0.2, 0.25) is 0 Å². The Morgan fingerprint density at radius 1 is 0.833 bits per heavy atom. The zero-order valence-electron chi connectivity index (χ0n) is 25.4. The molecule has 224 valence electrons. The van der Waals surface area contributed by atoms with Gasteiger partial charge in [-0.2, -0.15) is 0 Å². The molecule has 6 nitrogen and oxygen atoms in total. The standard InChI is InChI=1S/C36H47N3O3/c1-28(2)25-39-16-17-41-18-19-42-35-13-12-33(23-34(35)22-29-8-6-10-31(20-29)27-39)36(40)37-24-30-9-7-11-32(21-30)26-38-14-4-3-5-15-38/h6-13,20-21,23,28H,3-5,14-19,22,24-27H2,1-2H3,(H,37,40). The summed E-state index contributed by atoms with van der Waals surface area (Å²) < 4.78 is 12.1. The molecule has 0 aromatic heterocycles. The fraction of sp³-hybridized carbons (Fsp3) is 0.472. The minimum atomic E-state index is -0.0694. The Hall–Kier alpha value is -3.19. The van der Waals surface area contributed by atoms with E-state index in [9.17, 15) is 4.79 Å². The van der Waals surface area contributed by atoms with Crippen molar-refractivity contribution in [1.29, 1.82) is 0 Å². The number of nitrogens with one attached hydrogen (secondary N) is 1. The van der Waals surface area contributed by atoms with Crippen LogP contribution in [0.4, 0.5) is 0 Å². The molecule has 2 aliphatic rings. The molecule has 1 amide bonds. The van der Waals surface area contributed by atoms with Crippen molar-refractivity contribution in [3.8, 4) is 5.75 Å². The van der Waals surface area contributed by atoms with Crippen molar-refractivity contribution >= 4 is 5.91 Å². The number of carbonyl (C=O) groups is 1. The highest BCUT2D eigenvalue weighted by molar-refractivity contribution is 5.94. The maximum absolute atomic E-state index is 13.3. The number of piperidine rings is 1. The number of amides is 1. The van der Waals surface area contributed by atoms with Crippen LogP contribution in [0, 0.1) is 5.92 Å². The predicted octanol–water partition coefficient (Wildman–Crippen LogP) is 6.06. The molecule has 0 aliphatic carbocycles. The van der Waals surface area contributed by atoms with E-state index in [0.29, 0.717) is 44.3 Å². The monoisotopic (exact) mass is 569 g/mol. The molecule has 1 fully saturated rings. The second-order valence-electron chi connectivity index (χ2n) is 12.2. The Morgan fingerprint density at radius 3 is 2.50 bits per heavy atom. The fourth-order valence-electron chi connectivity index (χ4n) is 6.07. The van der Waals surface area contributed by atoms with Crippen LogP contribution in [0.25, 0.3) is 0 Å². The van der Waals surface area contributed by atoms with Crippen molar-refractivity contribution in [3.05, 3.63) is 100 Å². The van der Waals surface area contributed by atoms with Gasteiger partial charge in [-0.15, -0.1) is 0 Å². The lowest BCUT2D eigenvalue weighted by Gasteiger charge is -2.26. The summed E-state index contributed by atoms with van der Waals surface area (Å²) in [7, 11) is 0. The molecular formula is C36H47N3O3. The SMILES string of the molecule is CC(C)CN1CCOCCOc2ccc(C(=O)NCc3cccc(CN4CCCCC4)c3)cc2Cc2cccc(c2)C1. The molecule has 2 heterocycles. The molecule has 3 aromatic rings. The molecule has 6 heteroatoms. The summed E-state index contributed by atoms with van der Waals surface area (Å²) in [5.74, 6) is 1.33. The second-order valence-corrected chi connectivity index (χ2v) is 12.2. The molecule has 2 aliphatic heterocycles. The average molecular weight is 570 g/mol. The number of ether oxygens (including phenoxy) is 2. The Morgan fingerprint density at radius 2 is 1.64 bits per heavy atom. The van der Waals surface area contributed by atoms with E-state index in [4.69, 9.17) is 9.47 Å². The third-order valence-electron chi connectivity index (χ3n) is 8.07. The van der Waals surface area contributed by atoms with Crippen LogP contribution in [0.1, 0.15) is 71.3 Å². The Labute approximate surface area is 252 Å². The minimum Gasteiger partial charge on any atom is -0.491 e. The van der Waals surface area contributed by atoms with E-state index in [2.05, 4.69) is 77.5 Å². The van der Waals surface area contributed by atoms with Gasteiger partial charge in [0.1, 0.15) is 12.4 Å². The molecule has 0 atom stereocenters. The zero-order valence-corrected chi connectivity index (χ0v) is 25.4. The average Bonchev–Trinajstić information content (AvgIpc) is 2.98. The highest BCUT2D eigenvalue weighted by Crippen LogP contribution is 2.25. The minimum absolute atomic E-state index is 0.0694. The smallest absolute Gasteiger partial charge is 0.251 e. The molecule has 1 saturated heterocycles. The number of benzene rings is 3. The van der Waals surface area contributed by atoms with Gasteiger partial charge in [-0.1, -0.05) is 68.8 Å². The van der Waals surface area contributed by atoms with E-state index in [1.165, 1.54) is 49.0 Å². The van der Waals surface area contributed by atoms with Crippen molar-refractivity contribution in [2.75, 3.05) is 46.0 Å². The summed E-state index contributed by atoms with van der Waals surface area (Å²) >= 11 is 0. The van der Waals surface area contributed by atoms with Gasteiger partial charge >= 0.3 is 0 Å². The van der Waals surface area contributed by atoms with Gasteiger partial charge in [0.15, 0.2) is 0 Å². The Kier molecular flexibility index (Phi) is 11.0. The van der Waals surface area contributed by atoms with Crippen molar-refractivity contribution in [2.24, 2.45) is 5.92 Å². The first kappa shape index (κ1) is 30.3. The maximum Gasteiger partial charge on any atom is 0.251 e. The highest BCUT2D eigenvalue weighted by Gasteiger charge is 2.15. The molecule has 0 unspecified atom stereocenters. The van der Waals surface area contributed by atoms with Gasteiger partial charge in [0, 0.05) is 44.7 Å². The van der Waals surface area contributed by atoms with Crippen LogP contribution in [0.15, 0.2) is 66.7 Å². The third-order valence-corrected chi connectivity index (χ3v) is 8.07. The molecule has 0 saturated carbocycles. The molecule has 5 rings (SSSR count). The van der Waals surface area contributed by atoms with Crippen molar-refractivity contribution in [1.82, 2.24) is 15.1 Å². The van der Waals surface area contributed by atoms with Gasteiger partial charge in [-0.05, 0) is 77.9 Å². The number of carbonyl (C=O) groups excluding carboxylic acids is 1. The fourth-order valence-corrected chi connectivity index (χ4v) is 6.07. The summed E-state index contributed by atoms with van der Waals surface area (Å²) in [6.45, 7) is 12.9. The quantitative estimate of drug-likeness (QED) is 0.375. The van der Waals surface area contributed by atoms with E-state index in [1.807, 2.05) is 18.2 Å². The summed E-state index contributed by atoms with van der Waals surface area (Å²) in [6, 6.07) is 23.2. The topological polar surface area (TPSA) is 54.0 Å². The van der Waals surface area contributed by atoms with Gasteiger partial charge in [-0.3, -0.25) is 14.6 Å². The first-order valence-corrected chi connectivity index (χ1v) is 15.7. The van der Waals surface area contributed by atoms with Crippen molar-refractivity contribution in [3.63, 3.8) is 0 Å². The third kappa shape index (κ3) is 9.15. The van der Waals surface area contributed by atoms with E-state index < -0.39 is 0 Å². The molecule has 42 heavy (non-hydrogen) atoms. The number of fused-ring (bicyclic) bond motifs is 3. The lowest BCUT2D eigenvalue weighted by molar-refractivity contribution is 0.0746.